The summed E-state index contributed by atoms with van der Waals surface area (Å²) in [5.41, 5.74) is 0. The van der Waals surface area contributed by atoms with Crippen molar-refractivity contribution in [3.05, 3.63) is 0 Å². The van der Waals surface area contributed by atoms with E-state index in [-0.39, 0.29) is 0 Å². The lowest BCUT2D eigenvalue weighted by molar-refractivity contribution is 0.0992. The molecule has 1 saturated carbocycles. The van der Waals surface area contributed by atoms with Crippen LogP contribution >= 0.6 is 0 Å². The van der Waals surface area contributed by atoms with E-state index in [0.29, 0.717) is 5.25 Å². The van der Waals surface area contributed by atoms with E-state index in [1.54, 1.807) is 0 Å². The fourth-order valence-electron chi connectivity index (χ4n) is 1.76. The lowest BCUT2D eigenvalue weighted by Crippen LogP contribution is -2.30. The molecule has 1 aliphatic heterocycles. The topological polar surface area (TPSA) is 38.3 Å². The first-order valence-corrected chi connectivity index (χ1v) is 6.93. The van der Waals surface area contributed by atoms with Crippen molar-refractivity contribution in [1.82, 2.24) is 5.32 Å². The maximum absolute atomic E-state index is 11.8. The van der Waals surface area contributed by atoms with Crippen molar-refractivity contribution in [2.75, 3.05) is 25.5 Å². The molecule has 1 unspecified atom stereocenters. The van der Waals surface area contributed by atoms with Crippen molar-refractivity contribution in [3.8, 4) is 0 Å². The third kappa shape index (κ3) is 3.33. The van der Waals surface area contributed by atoms with Crippen molar-refractivity contribution >= 4 is 10.8 Å². The molecule has 0 aromatic carbocycles. The van der Waals surface area contributed by atoms with E-state index in [2.05, 4.69) is 5.32 Å². The monoisotopic (exact) mass is 217 g/mol. The number of rotatable bonds is 5. The largest absolute Gasteiger partial charge is 0.381 e. The average molecular weight is 217 g/mol. The van der Waals surface area contributed by atoms with E-state index in [1.165, 1.54) is 12.8 Å². The lowest BCUT2D eigenvalue weighted by Gasteiger charge is -2.21. The molecular weight excluding hydrogens is 198 g/mol. The van der Waals surface area contributed by atoms with Crippen LogP contribution in [0.15, 0.2) is 0 Å². The Labute approximate surface area is 88.0 Å². The molecule has 1 atom stereocenters. The summed E-state index contributed by atoms with van der Waals surface area (Å²) in [6, 6.07) is 0.738. The van der Waals surface area contributed by atoms with E-state index < -0.39 is 10.8 Å². The number of hydrogen-bond acceptors (Lipinski definition) is 3. The van der Waals surface area contributed by atoms with Gasteiger partial charge in [-0.05, 0) is 25.7 Å². The third-order valence-electron chi connectivity index (χ3n) is 2.85. The van der Waals surface area contributed by atoms with Crippen molar-refractivity contribution in [2.45, 2.75) is 37.0 Å². The van der Waals surface area contributed by atoms with Gasteiger partial charge in [0.25, 0.3) is 0 Å². The van der Waals surface area contributed by atoms with Crippen molar-refractivity contribution in [3.63, 3.8) is 0 Å². The normalized spacial score (nSPS) is 26.3. The molecule has 1 aliphatic carbocycles. The summed E-state index contributed by atoms with van der Waals surface area (Å²) in [5, 5.41) is 3.80. The Hall–Kier alpha value is 0.0700. The number of ether oxygens (including phenoxy) is 1. The van der Waals surface area contributed by atoms with Crippen LogP contribution in [-0.4, -0.2) is 41.0 Å². The SMILES string of the molecule is O=S(CCNC1CC1)C1CCOCC1. The second-order valence-corrected chi connectivity index (χ2v) is 5.96. The molecule has 3 nitrogen and oxygen atoms in total. The van der Waals surface area contributed by atoms with Crippen LogP contribution in [0.4, 0.5) is 0 Å². The lowest BCUT2D eigenvalue weighted by atomic mass is 10.2. The molecule has 82 valence electrons. The van der Waals surface area contributed by atoms with Crippen LogP contribution in [0.25, 0.3) is 0 Å². The molecule has 1 heterocycles. The highest BCUT2D eigenvalue weighted by molar-refractivity contribution is 7.85. The van der Waals surface area contributed by atoms with E-state index in [0.717, 1.165) is 44.4 Å². The highest BCUT2D eigenvalue weighted by atomic mass is 32.2. The molecule has 1 saturated heterocycles. The fourth-order valence-corrected chi connectivity index (χ4v) is 3.13. The van der Waals surface area contributed by atoms with Crippen LogP contribution in [0.2, 0.25) is 0 Å². The zero-order valence-electron chi connectivity index (χ0n) is 8.54. The first kappa shape index (κ1) is 10.6. The Kier molecular flexibility index (Phi) is 3.96. The highest BCUT2D eigenvalue weighted by Crippen LogP contribution is 2.18. The highest BCUT2D eigenvalue weighted by Gasteiger charge is 2.22. The molecule has 0 radical (unpaired) electrons. The Morgan fingerprint density at radius 1 is 1.21 bits per heavy atom. The van der Waals surface area contributed by atoms with Gasteiger partial charge in [-0.1, -0.05) is 0 Å². The first-order chi connectivity index (χ1) is 6.86. The Bertz CT molecular complexity index is 200. The van der Waals surface area contributed by atoms with Crippen LogP contribution in [0.5, 0.6) is 0 Å². The summed E-state index contributed by atoms with van der Waals surface area (Å²) in [5.74, 6) is 0.821. The summed E-state index contributed by atoms with van der Waals surface area (Å²) >= 11 is 0. The molecular formula is C10H19NO2S. The molecule has 0 amide bonds. The number of nitrogens with one attached hydrogen (secondary N) is 1. The summed E-state index contributed by atoms with van der Waals surface area (Å²) in [6.07, 6.45) is 4.58. The van der Waals surface area contributed by atoms with Crippen LogP contribution in [0, 0.1) is 0 Å². The standard InChI is InChI=1S/C10H19NO2S/c12-14(8-5-11-9-1-2-9)10-3-6-13-7-4-10/h9-11H,1-8H2. The molecule has 2 aliphatic rings. The molecule has 4 heteroatoms. The molecule has 0 bridgehead atoms. The third-order valence-corrected chi connectivity index (χ3v) is 4.68. The molecule has 2 fully saturated rings. The van der Waals surface area contributed by atoms with Crippen molar-refractivity contribution in [1.29, 1.82) is 0 Å². The smallest absolute Gasteiger partial charge is 0.0477 e. The molecule has 14 heavy (non-hydrogen) atoms. The minimum Gasteiger partial charge on any atom is -0.381 e. The van der Waals surface area contributed by atoms with E-state index in [4.69, 9.17) is 4.74 Å². The van der Waals surface area contributed by atoms with E-state index in [9.17, 15) is 4.21 Å². The summed E-state index contributed by atoms with van der Waals surface area (Å²) in [6.45, 7) is 2.52. The van der Waals surface area contributed by atoms with E-state index in [1.807, 2.05) is 0 Å². The molecule has 0 spiro atoms. The molecule has 2 rings (SSSR count). The summed E-state index contributed by atoms with van der Waals surface area (Å²) < 4.78 is 17.1. The average Bonchev–Trinajstić information content (AvgIpc) is 3.03. The van der Waals surface area contributed by atoms with Gasteiger partial charge in [0.05, 0.1) is 0 Å². The van der Waals surface area contributed by atoms with Gasteiger partial charge < -0.3 is 10.1 Å². The summed E-state index contributed by atoms with van der Waals surface area (Å²) in [7, 11) is -0.638. The predicted octanol–water partition coefficient (Wildman–Crippen LogP) is 0.666. The fraction of sp³-hybridized carbons (Fsp3) is 1.00. The summed E-state index contributed by atoms with van der Waals surface area (Å²) in [4.78, 5) is 0. The van der Waals surface area contributed by atoms with Gasteiger partial charge in [-0.15, -0.1) is 0 Å². The zero-order valence-corrected chi connectivity index (χ0v) is 9.35. The predicted molar refractivity (Wildman–Crippen MR) is 57.9 cm³/mol. The molecule has 0 aromatic heterocycles. The van der Waals surface area contributed by atoms with Crippen molar-refractivity contribution < 1.29 is 8.95 Å². The maximum atomic E-state index is 11.8. The second-order valence-electron chi connectivity index (χ2n) is 4.12. The van der Waals surface area contributed by atoms with Crippen LogP contribution < -0.4 is 5.32 Å². The van der Waals surface area contributed by atoms with Gasteiger partial charge in [0.1, 0.15) is 0 Å². The van der Waals surface area contributed by atoms with Crippen LogP contribution in [0.1, 0.15) is 25.7 Å². The maximum Gasteiger partial charge on any atom is 0.0477 e. The molecule has 0 aromatic rings. The second kappa shape index (κ2) is 5.24. The van der Waals surface area contributed by atoms with E-state index >= 15 is 0 Å². The van der Waals surface area contributed by atoms with Gasteiger partial charge in [0.15, 0.2) is 0 Å². The minimum absolute atomic E-state index is 0.393. The quantitative estimate of drug-likeness (QED) is 0.735. The Morgan fingerprint density at radius 2 is 1.93 bits per heavy atom. The van der Waals surface area contributed by atoms with Gasteiger partial charge in [0, 0.05) is 47.6 Å². The van der Waals surface area contributed by atoms with Gasteiger partial charge in [-0.2, -0.15) is 0 Å². The van der Waals surface area contributed by atoms with Crippen molar-refractivity contribution in [2.24, 2.45) is 0 Å². The van der Waals surface area contributed by atoms with Gasteiger partial charge in [-0.3, -0.25) is 4.21 Å². The Morgan fingerprint density at radius 3 is 2.57 bits per heavy atom. The van der Waals surface area contributed by atoms with Crippen LogP contribution in [0.3, 0.4) is 0 Å². The minimum atomic E-state index is -0.638. The first-order valence-electron chi connectivity index (χ1n) is 5.54. The van der Waals surface area contributed by atoms with Gasteiger partial charge in [0.2, 0.25) is 0 Å². The molecule has 1 N–H and O–H groups in total. The van der Waals surface area contributed by atoms with Crippen LogP contribution in [-0.2, 0) is 15.5 Å². The van der Waals surface area contributed by atoms with Gasteiger partial charge >= 0.3 is 0 Å². The van der Waals surface area contributed by atoms with Gasteiger partial charge in [-0.25, -0.2) is 0 Å². The Balaban J connectivity index is 1.60. The number of hydrogen-bond donors (Lipinski definition) is 1. The zero-order chi connectivity index (χ0) is 9.80.